The van der Waals surface area contributed by atoms with Gasteiger partial charge in [0.2, 0.25) is 0 Å². The number of carboxylic acids is 1. The number of rotatable bonds is 2. The van der Waals surface area contributed by atoms with Gasteiger partial charge in [0.15, 0.2) is 0 Å². The van der Waals surface area contributed by atoms with Crippen LogP contribution in [-0.4, -0.2) is 11.1 Å². The zero-order valence-electron chi connectivity index (χ0n) is 6.73. The first-order valence-electron chi connectivity index (χ1n) is 3.15. The molecular formula is C8H7KO3. The third-order valence-corrected chi connectivity index (χ3v) is 1.34. The monoisotopic (exact) mass is 190 g/mol. The minimum atomic E-state index is -1.52. The van der Waals surface area contributed by atoms with Crippen LogP contribution in [0.2, 0.25) is 0 Å². The average Bonchev–Trinajstić information content (AvgIpc) is 2.05. The minimum Gasteiger partial charge on any atom is -0.547 e. The van der Waals surface area contributed by atoms with Gasteiger partial charge in [-0.25, -0.2) is 0 Å². The van der Waals surface area contributed by atoms with Crippen molar-refractivity contribution in [2.24, 2.45) is 0 Å². The summed E-state index contributed by atoms with van der Waals surface area (Å²) >= 11 is 0. The van der Waals surface area contributed by atoms with E-state index < -0.39 is 12.1 Å². The van der Waals surface area contributed by atoms with Crippen LogP contribution < -0.4 is 56.5 Å². The summed E-state index contributed by atoms with van der Waals surface area (Å²) in [6.45, 7) is 0. The molecule has 1 aromatic carbocycles. The molecule has 4 heteroatoms. The van der Waals surface area contributed by atoms with Crippen LogP contribution in [0.4, 0.5) is 0 Å². The molecule has 0 heterocycles. The zero-order valence-corrected chi connectivity index (χ0v) is 9.85. The van der Waals surface area contributed by atoms with E-state index in [1.54, 1.807) is 18.2 Å². The second-order valence-corrected chi connectivity index (χ2v) is 2.13. The molecule has 0 aliphatic rings. The second-order valence-electron chi connectivity index (χ2n) is 2.13. The summed E-state index contributed by atoms with van der Waals surface area (Å²) in [4.78, 5) is 10.1. The van der Waals surface area contributed by atoms with Gasteiger partial charge in [0.25, 0.3) is 0 Å². The van der Waals surface area contributed by atoms with Crippen LogP contribution in [0.15, 0.2) is 30.3 Å². The Hall–Kier alpha value is 0.286. The van der Waals surface area contributed by atoms with E-state index in [4.69, 9.17) is 5.11 Å². The van der Waals surface area contributed by atoms with Gasteiger partial charge in [-0.3, -0.25) is 0 Å². The molecule has 0 aliphatic heterocycles. The fourth-order valence-electron chi connectivity index (χ4n) is 0.771. The quantitative estimate of drug-likeness (QED) is 0.492. The second kappa shape index (κ2) is 5.85. The van der Waals surface area contributed by atoms with Crippen molar-refractivity contribution in [3.05, 3.63) is 35.9 Å². The summed E-state index contributed by atoms with van der Waals surface area (Å²) in [6.07, 6.45) is -1.52. The van der Waals surface area contributed by atoms with Crippen LogP contribution in [0.1, 0.15) is 11.7 Å². The molecule has 0 radical (unpaired) electrons. The summed E-state index contributed by atoms with van der Waals surface area (Å²) in [7, 11) is 0. The number of aliphatic hydroxyl groups excluding tert-OH is 1. The predicted octanol–water partition coefficient (Wildman–Crippen LogP) is -3.53. The van der Waals surface area contributed by atoms with E-state index in [0.717, 1.165) is 0 Å². The van der Waals surface area contributed by atoms with Crippen molar-refractivity contribution >= 4 is 5.97 Å². The van der Waals surface area contributed by atoms with E-state index >= 15 is 0 Å². The Morgan fingerprint density at radius 2 is 1.83 bits per heavy atom. The molecule has 0 saturated carbocycles. The molecule has 0 fully saturated rings. The van der Waals surface area contributed by atoms with Crippen molar-refractivity contribution in [1.29, 1.82) is 0 Å². The largest absolute Gasteiger partial charge is 1.00 e. The van der Waals surface area contributed by atoms with Crippen molar-refractivity contribution < 1.29 is 66.4 Å². The number of carbonyl (C=O) groups is 1. The van der Waals surface area contributed by atoms with Crippen LogP contribution in [0, 0.1) is 0 Å². The first-order valence-corrected chi connectivity index (χ1v) is 3.15. The smallest absolute Gasteiger partial charge is 0.547 e. The number of carbonyl (C=O) groups excluding carboxylic acids is 1. The molecule has 0 bridgehead atoms. The average molecular weight is 190 g/mol. The first kappa shape index (κ1) is 12.3. The first-order chi connectivity index (χ1) is 5.22. The molecule has 0 amide bonds. The van der Waals surface area contributed by atoms with E-state index in [1.165, 1.54) is 12.1 Å². The maximum Gasteiger partial charge on any atom is 1.00 e. The Morgan fingerprint density at radius 1 is 1.33 bits per heavy atom. The Kier molecular flexibility index (Phi) is 5.99. The van der Waals surface area contributed by atoms with Gasteiger partial charge in [0.05, 0.1) is 5.97 Å². The maximum atomic E-state index is 10.1. The van der Waals surface area contributed by atoms with Gasteiger partial charge >= 0.3 is 51.4 Å². The van der Waals surface area contributed by atoms with Gasteiger partial charge in [0, 0.05) is 0 Å². The van der Waals surface area contributed by atoms with Crippen molar-refractivity contribution in [3.8, 4) is 0 Å². The van der Waals surface area contributed by atoms with Gasteiger partial charge in [-0.2, -0.15) is 0 Å². The van der Waals surface area contributed by atoms with Crippen molar-refractivity contribution in [3.63, 3.8) is 0 Å². The van der Waals surface area contributed by atoms with Crippen LogP contribution in [-0.2, 0) is 4.79 Å². The van der Waals surface area contributed by atoms with E-state index in [9.17, 15) is 9.90 Å². The van der Waals surface area contributed by atoms with E-state index in [2.05, 4.69) is 0 Å². The standard InChI is InChI=1S/C8H8O3.K/c9-7(8(10)11)6-4-2-1-3-5-6;/h1-5,7,9H,(H,10,11);/q;+1/p-1. The van der Waals surface area contributed by atoms with E-state index in [0.29, 0.717) is 5.56 Å². The zero-order chi connectivity index (χ0) is 8.27. The molecule has 1 rings (SSSR count). The molecular weight excluding hydrogens is 183 g/mol. The molecule has 1 aromatic rings. The minimum absolute atomic E-state index is 0. The molecule has 3 nitrogen and oxygen atoms in total. The molecule has 12 heavy (non-hydrogen) atoms. The molecule has 0 saturated heterocycles. The number of aliphatic hydroxyl groups is 1. The van der Waals surface area contributed by atoms with Crippen molar-refractivity contribution in [2.75, 3.05) is 0 Å². The number of carboxylic acid groups (broad SMARTS) is 1. The van der Waals surface area contributed by atoms with Crippen molar-refractivity contribution in [1.82, 2.24) is 0 Å². The van der Waals surface area contributed by atoms with Crippen molar-refractivity contribution in [2.45, 2.75) is 6.10 Å². The SMILES string of the molecule is O=C([O-])C(O)c1ccccc1.[K+]. The van der Waals surface area contributed by atoms with E-state index in [1.807, 2.05) is 0 Å². The van der Waals surface area contributed by atoms with Gasteiger partial charge < -0.3 is 15.0 Å². The van der Waals surface area contributed by atoms with E-state index in [-0.39, 0.29) is 51.4 Å². The molecule has 0 spiro atoms. The number of benzene rings is 1. The predicted molar refractivity (Wildman–Crippen MR) is 36.4 cm³/mol. The normalized spacial score (nSPS) is 11.4. The van der Waals surface area contributed by atoms with Crippen LogP contribution in [0.25, 0.3) is 0 Å². The third kappa shape index (κ3) is 3.34. The van der Waals surface area contributed by atoms with Gasteiger partial charge in [-0.1, -0.05) is 30.3 Å². The fraction of sp³-hybridized carbons (Fsp3) is 0.125. The molecule has 58 valence electrons. The van der Waals surface area contributed by atoms with Gasteiger partial charge in [-0.15, -0.1) is 0 Å². The van der Waals surface area contributed by atoms with Crippen LogP contribution in [0.3, 0.4) is 0 Å². The summed E-state index contributed by atoms with van der Waals surface area (Å²) < 4.78 is 0. The Morgan fingerprint density at radius 3 is 2.25 bits per heavy atom. The van der Waals surface area contributed by atoms with Crippen LogP contribution >= 0.6 is 0 Å². The summed E-state index contributed by atoms with van der Waals surface area (Å²) in [5.41, 5.74) is 0.340. The molecule has 1 atom stereocenters. The molecule has 1 unspecified atom stereocenters. The summed E-state index contributed by atoms with van der Waals surface area (Å²) in [5.74, 6) is -1.48. The summed E-state index contributed by atoms with van der Waals surface area (Å²) in [6, 6.07) is 8.11. The molecule has 1 N–H and O–H groups in total. The fourth-order valence-corrected chi connectivity index (χ4v) is 0.771. The molecule has 0 aromatic heterocycles. The summed E-state index contributed by atoms with van der Waals surface area (Å²) in [5, 5.41) is 19.1. The van der Waals surface area contributed by atoms with Gasteiger partial charge in [0.1, 0.15) is 6.10 Å². The Bertz CT molecular complexity index is 248. The maximum absolute atomic E-state index is 10.1. The number of hydrogen-bond acceptors (Lipinski definition) is 3. The third-order valence-electron chi connectivity index (χ3n) is 1.34. The number of hydrogen-bond donors (Lipinski definition) is 1. The Labute approximate surface area is 113 Å². The molecule has 0 aliphatic carbocycles. The van der Waals surface area contributed by atoms with Crippen LogP contribution in [0.5, 0.6) is 0 Å². The topological polar surface area (TPSA) is 60.4 Å². The Balaban J connectivity index is 0.00000121. The van der Waals surface area contributed by atoms with Gasteiger partial charge in [-0.05, 0) is 5.56 Å². The number of aliphatic carboxylic acids is 1.